The standard InChI is InChI=1S/C8H18ClNO/c1-7(4-9)5-10(3)6-8(2)11/h7-8,11H,4-6H2,1-3H3. The van der Waals surface area contributed by atoms with Crippen LogP contribution in [0, 0.1) is 5.92 Å². The molecule has 0 aliphatic rings. The van der Waals surface area contributed by atoms with Crippen molar-refractivity contribution in [2.45, 2.75) is 20.0 Å². The fraction of sp³-hybridized carbons (Fsp3) is 1.00. The minimum Gasteiger partial charge on any atom is -0.392 e. The largest absolute Gasteiger partial charge is 0.392 e. The molecule has 2 atom stereocenters. The Bertz CT molecular complexity index is 98.1. The van der Waals surface area contributed by atoms with Gasteiger partial charge in [0.05, 0.1) is 6.10 Å². The molecule has 0 aliphatic carbocycles. The first-order chi connectivity index (χ1) is 5.06. The molecule has 0 saturated carbocycles. The van der Waals surface area contributed by atoms with Crippen molar-refractivity contribution in [2.75, 3.05) is 26.0 Å². The van der Waals surface area contributed by atoms with Crippen LogP contribution in [0.1, 0.15) is 13.8 Å². The molecule has 0 spiro atoms. The van der Waals surface area contributed by atoms with E-state index in [0.717, 1.165) is 13.1 Å². The van der Waals surface area contributed by atoms with Crippen LogP contribution in [0.5, 0.6) is 0 Å². The van der Waals surface area contributed by atoms with E-state index in [1.807, 2.05) is 7.05 Å². The summed E-state index contributed by atoms with van der Waals surface area (Å²) in [6.45, 7) is 5.57. The zero-order valence-electron chi connectivity index (χ0n) is 7.55. The Labute approximate surface area is 74.2 Å². The highest BCUT2D eigenvalue weighted by Crippen LogP contribution is 2.00. The van der Waals surface area contributed by atoms with Gasteiger partial charge in [0.2, 0.25) is 0 Å². The Balaban J connectivity index is 3.43. The molecule has 0 aromatic rings. The number of rotatable bonds is 5. The Kier molecular flexibility index (Phi) is 5.92. The first-order valence-corrected chi connectivity index (χ1v) is 4.52. The molecule has 0 aromatic heterocycles. The van der Waals surface area contributed by atoms with Gasteiger partial charge in [-0.05, 0) is 19.9 Å². The van der Waals surface area contributed by atoms with Gasteiger partial charge in [0.15, 0.2) is 0 Å². The van der Waals surface area contributed by atoms with Crippen LogP contribution in [-0.4, -0.2) is 42.1 Å². The number of aliphatic hydroxyl groups is 1. The fourth-order valence-corrected chi connectivity index (χ4v) is 1.20. The van der Waals surface area contributed by atoms with E-state index in [1.54, 1.807) is 6.92 Å². The van der Waals surface area contributed by atoms with E-state index < -0.39 is 0 Å². The van der Waals surface area contributed by atoms with E-state index in [4.69, 9.17) is 16.7 Å². The molecule has 0 saturated heterocycles. The van der Waals surface area contributed by atoms with Crippen LogP contribution in [-0.2, 0) is 0 Å². The van der Waals surface area contributed by atoms with Gasteiger partial charge in [0.1, 0.15) is 0 Å². The van der Waals surface area contributed by atoms with E-state index >= 15 is 0 Å². The summed E-state index contributed by atoms with van der Waals surface area (Å²) in [5, 5.41) is 9.03. The maximum atomic E-state index is 9.03. The molecule has 0 amide bonds. The van der Waals surface area contributed by atoms with Crippen molar-refractivity contribution in [1.82, 2.24) is 4.90 Å². The second-order valence-corrected chi connectivity index (χ2v) is 3.64. The normalized spacial score (nSPS) is 16.9. The summed E-state index contributed by atoms with van der Waals surface area (Å²) in [6, 6.07) is 0. The van der Waals surface area contributed by atoms with Crippen LogP contribution in [0.15, 0.2) is 0 Å². The summed E-state index contributed by atoms with van der Waals surface area (Å²) in [7, 11) is 2.00. The van der Waals surface area contributed by atoms with Crippen molar-refractivity contribution in [3.8, 4) is 0 Å². The number of hydrogen-bond donors (Lipinski definition) is 1. The van der Waals surface area contributed by atoms with Crippen molar-refractivity contribution in [1.29, 1.82) is 0 Å². The van der Waals surface area contributed by atoms with Gasteiger partial charge in [0, 0.05) is 19.0 Å². The third kappa shape index (κ3) is 6.60. The molecule has 3 heteroatoms. The molecular formula is C8H18ClNO. The summed E-state index contributed by atoms with van der Waals surface area (Å²) in [6.07, 6.45) is -0.248. The number of aliphatic hydroxyl groups excluding tert-OH is 1. The second kappa shape index (κ2) is 5.81. The lowest BCUT2D eigenvalue weighted by atomic mass is 10.2. The molecule has 68 valence electrons. The Morgan fingerprint density at radius 1 is 1.36 bits per heavy atom. The van der Waals surface area contributed by atoms with Gasteiger partial charge in [-0.25, -0.2) is 0 Å². The SMILES string of the molecule is CC(O)CN(C)CC(C)CCl. The summed E-state index contributed by atoms with van der Waals surface area (Å²) in [4.78, 5) is 2.09. The number of hydrogen-bond acceptors (Lipinski definition) is 2. The molecule has 0 radical (unpaired) electrons. The smallest absolute Gasteiger partial charge is 0.0638 e. The Morgan fingerprint density at radius 3 is 2.27 bits per heavy atom. The van der Waals surface area contributed by atoms with Crippen molar-refractivity contribution in [3.05, 3.63) is 0 Å². The molecule has 11 heavy (non-hydrogen) atoms. The average Bonchev–Trinajstić information content (AvgIpc) is 1.85. The summed E-state index contributed by atoms with van der Waals surface area (Å²) in [5.74, 6) is 1.19. The molecule has 2 unspecified atom stereocenters. The zero-order valence-corrected chi connectivity index (χ0v) is 8.30. The number of alkyl halides is 1. The molecule has 0 aliphatic heterocycles. The van der Waals surface area contributed by atoms with Gasteiger partial charge in [-0.3, -0.25) is 0 Å². The van der Waals surface area contributed by atoms with E-state index in [0.29, 0.717) is 11.8 Å². The van der Waals surface area contributed by atoms with Gasteiger partial charge in [-0.1, -0.05) is 6.92 Å². The lowest BCUT2D eigenvalue weighted by Gasteiger charge is -2.20. The summed E-state index contributed by atoms with van der Waals surface area (Å²) >= 11 is 5.64. The lowest BCUT2D eigenvalue weighted by molar-refractivity contribution is 0.135. The molecule has 1 N–H and O–H groups in total. The molecule has 2 nitrogen and oxygen atoms in total. The Morgan fingerprint density at radius 2 is 1.91 bits per heavy atom. The highest BCUT2D eigenvalue weighted by atomic mass is 35.5. The average molecular weight is 180 g/mol. The van der Waals surface area contributed by atoms with Gasteiger partial charge >= 0.3 is 0 Å². The van der Waals surface area contributed by atoms with E-state index in [9.17, 15) is 0 Å². The highest BCUT2D eigenvalue weighted by molar-refractivity contribution is 6.18. The van der Waals surface area contributed by atoms with Crippen molar-refractivity contribution >= 4 is 11.6 Å². The van der Waals surface area contributed by atoms with Crippen LogP contribution >= 0.6 is 11.6 Å². The first-order valence-electron chi connectivity index (χ1n) is 3.98. The monoisotopic (exact) mass is 179 g/mol. The van der Waals surface area contributed by atoms with Crippen LogP contribution in [0.3, 0.4) is 0 Å². The second-order valence-electron chi connectivity index (χ2n) is 3.33. The van der Waals surface area contributed by atoms with E-state index in [-0.39, 0.29) is 6.10 Å². The number of nitrogens with zero attached hydrogens (tertiary/aromatic N) is 1. The molecule has 0 heterocycles. The number of likely N-dealkylation sites (N-methyl/N-ethyl adjacent to an activating group) is 1. The summed E-state index contributed by atoms with van der Waals surface area (Å²) < 4.78 is 0. The maximum Gasteiger partial charge on any atom is 0.0638 e. The van der Waals surface area contributed by atoms with E-state index in [1.165, 1.54) is 0 Å². The van der Waals surface area contributed by atoms with Crippen LogP contribution in [0.4, 0.5) is 0 Å². The van der Waals surface area contributed by atoms with E-state index in [2.05, 4.69) is 11.8 Å². The minimum atomic E-state index is -0.248. The van der Waals surface area contributed by atoms with Crippen LogP contribution < -0.4 is 0 Å². The molecule has 0 bridgehead atoms. The van der Waals surface area contributed by atoms with Crippen molar-refractivity contribution in [3.63, 3.8) is 0 Å². The molecule has 0 aromatic carbocycles. The van der Waals surface area contributed by atoms with Crippen molar-refractivity contribution < 1.29 is 5.11 Å². The maximum absolute atomic E-state index is 9.03. The Hall–Kier alpha value is 0.210. The minimum absolute atomic E-state index is 0.248. The predicted molar refractivity (Wildman–Crippen MR) is 49.1 cm³/mol. The van der Waals surface area contributed by atoms with Gasteiger partial charge in [0.25, 0.3) is 0 Å². The fourth-order valence-electron chi connectivity index (χ4n) is 1.11. The van der Waals surface area contributed by atoms with Crippen LogP contribution in [0.2, 0.25) is 0 Å². The lowest BCUT2D eigenvalue weighted by Crippen LogP contribution is -2.31. The van der Waals surface area contributed by atoms with Gasteiger partial charge in [-0.2, -0.15) is 0 Å². The first kappa shape index (κ1) is 11.2. The number of halogens is 1. The van der Waals surface area contributed by atoms with Gasteiger partial charge in [-0.15, -0.1) is 11.6 Å². The predicted octanol–water partition coefficient (Wildman–Crippen LogP) is 1.17. The summed E-state index contributed by atoms with van der Waals surface area (Å²) in [5.41, 5.74) is 0. The molecule has 0 fully saturated rings. The van der Waals surface area contributed by atoms with Crippen LogP contribution in [0.25, 0.3) is 0 Å². The molecular weight excluding hydrogens is 162 g/mol. The van der Waals surface area contributed by atoms with Crippen molar-refractivity contribution in [2.24, 2.45) is 5.92 Å². The highest BCUT2D eigenvalue weighted by Gasteiger charge is 2.06. The quantitative estimate of drug-likeness (QED) is 0.641. The third-order valence-corrected chi connectivity index (χ3v) is 1.99. The zero-order chi connectivity index (χ0) is 8.85. The third-order valence-electron chi connectivity index (χ3n) is 1.46. The topological polar surface area (TPSA) is 23.5 Å². The molecule has 0 rings (SSSR count). The van der Waals surface area contributed by atoms with Gasteiger partial charge < -0.3 is 10.0 Å².